The molecule has 0 spiro atoms. The molecule has 0 radical (unpaired) electrons. The third-order valence-corrected chi connectivity index (χ3v) is 11.6. The summed E-state index contributed by atoms with van der Waals surface area (Å²) in [5.41, 5.74) is 8.92. The molecule has 0 fully saturated rings. The topological polar surface area (TPSA) is 40.5 Å². The van der Waals surface area contributed by atoms with Crippen molar-refractivity contribution in [3.63, 3.8) is 0 Å². The zero-order valence-electron chi connectivity index (χ0n) is 34.0. The van der Waals surface area contributed by atoms with E-state index in [1.54, 1.807) is 6.08 Å². The van der Waals surface area contributed by atoms with Crippen LogP contribution < -0.4 is 0 Å². The van der Waals surface area contributed by atoms with Gasteiger partial charge < -0.3 is 10.2 Å². The van der Waals surface area contributed by atoms with Crippen LogP contribution in [0.25, 0.3) is 0 Å². The van der Waals surface area contributed by atoms with Crippen LogP contribution in [-0.2, 0) is 24.7 Å². The first kappa shape index (κ1) is 41.7. The molecule has 2 heteroatoms. The molecule has 5 aromatic carbocycles. The molecule has 0 heterocycles. The minimum atomic E-state index is -0.743. The third-order valence-electron chi connectivity index (χ3n) is 11.6. The van der Waals surface area contributed by atoms with Crippen LogP contribution in [0.2, 0.25) is 0 Å². The van der Waals surface area contributed by atoms with E-state index < -0.39 is 11.5 Å². The molecular formula is C56H58O2. The highest BCUT2D eigenvalue weighted by molar-refractivity contribution is 5.50. The largest absolute Gasteiger partial charge is 0.516 e. The van der Waals surface area contributed by atoms with Crippen molar-refractivity contribution in [1.82, 2.24) is 0 Å². The van der Waals surface area contributed by atoms with Gasteiger partial charge in [0.2, 0.25) is 0 Å². The van der Waals surface area contributed by atoms with Crippen molar-refractivity contribution in [2.24, 2.45) is 17.8 Å². The number of hydrogen-bond acceptors (Lipinski definition) is 2. The molecule has 58 heavy (non-hydrogen) atoms. The average Bonchev–Trinajstić information content (AvgIpc) is 3.45. The molecule has 0 saturated heterocycles. The molecule has 5 atom stereocenters. The van der Waals surface area contributed by atoms with E-state index in [1.807, 2.05) is 67.6 Å². The van der Waals surface area contributed by atoms with Crippen molar-refractivity contribution in [3.05, 3.63) is 263 Å². The summed E-state index contributed by atoms with van der Waals surface area (Å²) >= 11 is 0. The van der Waals surface area contributed by atoms with Crippen LogP contribution in [0.5, 0.6) is 0 Å². The average molecular weight is 763 g/mol. The van der Waals surface area contributed by atoms with Crippen LogP contribution >= 0.6 is 0 Å². The summed E-state index contributed by atoms with van der Waals surface area (Å²) in [6.07, 6.45) is 30.4. The molecule has 1 aliphatic carbocycles. The lowest BCUT2D eigenvalue weighted by molar-refractivity contribution is 0.219. The van der Waals surface area contributed by atoms with Crippen LogP contribution in [-0.4, -0.2) is 10.2 Å². The van der Waals surface area contributed by atoms with Crippen molar-refractivity contribution >= 4 is 0 Å². The normalized spacial score (nSPS) is 19.4. The quantitative estimate of drug-likeness (QED) is 0.0597. The molecule has 0 saturated carbocycles. The molecule has 2 N–H and O–H groups in total. The lowest BCUT2D eigenvalue weighted by Gasteiger charge is -2.39. The molecule has 5 aromatic rings. The number of aliphatic hydroxyl groups is 2. The lowest BCUT2D eigenvalue weighted by atomic mass is 9.64. The van der Waals surface area contributed by atoms with Gasteiger partial charge in [-0.2, -0.15) is 0 Å². The first-order valence-corrected chi connectivity index (χ1v) is 20.8. The van der Waals surface area contributed by atoms with Gasteiger partial charge in [-0.1, -0.05) is 213 Å². The summed E-state index contributed by atoms with van der Waals surface area (Å²) in [6, 6.07) is 50.0. The Labute approximate surface area is 347 Å². The minimum absolute atomic E-state index is 0.181. The molecule has 0 bridgehead atoms. The van der Waals surface area contributed by atoms with E-state index in [0.717, 1.165) is 49.5 Å². The molecule has 1 aliphatic rings. The zero-order valence-corrected chi connectivity index (χ0v) is 34.0. The fourth-order valence-corrected chi connectivity index (χ4v) is 8.34. The highest BCUT2D eigenvalue weighted by Crippen LogP contribution is 2.47. The van der Waals surface area contributed by atoms with E-state index in [9.17, 15) is 5.11 Å². The molecule has 0 aliphatic heterocycles. The number of allylic oxidation sites excluding steroid dienone is 11. The summed E-state index contributed by atoms with van der Waals surface area (Å²) < 4.78 is 0. The Morgan fingerprint density at radius 2 is 1.24 bits per heavy atom. The van der Waals surface area contributed by atoms with Crippen LogP contribution in [0.4, 0.5) is 0 Å². The molecule has 5 unspecified atom stereocenters. The predicted molar refractivity (Wildman–Crippen MR) is 245 cm³/mol. The SMILES string of the molecule is C\C=C/C(=C\C=C\C(c1ccc(C/C=C/C=C\C=C/O)cc1)(c1ccc(Cc2ccccc2)cc1)C1C=CC(Cc2ccccc2)C(C)CC1)C(O)c1ccccc1. The van der Waals surface area contributed by atoms with Crippen LogP contribution in [0.1, 0.15) is 71.7 Å². The second-order valence-corrected chi connectivity index (χ2v) is 15.5. The van der Waals surface area contributed by atoms with Crippen molar-refractivity contribution in [2.45, 2.75) is 57.5 Å². The van der Waals surface area contributed by atoms with Crippen molar-refractivity contribution in [2.75, 3.05) is 0 Å². The fourth-order valence-electron chi connectivity index (χ4n) is 8.34. The summed E-state index contributed by atoms with van der Waals surface area (Å²) in [7, 11) is 0. The molecule has 6 rings (SSSR count). The number of hydrogen-bond donors (Lipinski definition) is 2. The first-order chi connectivity index (χ1) is 28.5. The van der Waals surface area contributed by atoms with E-state index in [1.165, 1.54) is 33.4 Å². The van der Waals surface area contributed by atoms with Crippen LogP contribution in [0.3, 0.4) is 0 Å². The van der Waals surface area contributed by atoms with E-state index in [0.29, 0.717) is 11.8 Å². The summed E-state index contributed by atoms with van der Waals surface area (Å²) in [5.74, 6) is 1.16. The highest BCUT2D eigenvalue weighted by atomic mass is 16.3. The molecule has 0 amide bonds. The first-order valence-electron chi connectivity index (χ1n) is 20.8. The van der Waals surface area contributed by atoms with Crippen molar-refractivity contribution in [3.8, 4) is 0 Å². The number of aliphatic hydroxyl groups excluding tert-OH is 2. The molecule has 294 valence electrons. The Hall–Kier alpha value is -5.96. The molecule has 2 nitrogen and oxygen atoms in total. The van der Waals surface area contributed by atoms with Gasteiger partial charge in [-0.15, -0.1) is 0 Å². The maximum absolute atomic E-state index is 11.6. The van der Waals surface area contributed by atoms with E-state index >= 15 is 0 Å². The van der Waals surface area contributed by atoms with Gasteiger partial charge in [0.25, 0.3) is 0 Å². The summed E-state index contributed by atoms with van der Waals surface area (Å²) in [4.78, 5) is 0. The van der Waals surface area contributed by atoms with Crippen molar-refractivity contribution < 1.29 is 10.2 Å². The van der Waals surface area contributed by atoms with Crippen LogP contribution in [0.15, 0.2) is 224 Å². The maximum atomic E-state index is 11.6. The van der Waals surface area contributed by atoms with Gasteiger partial charge >= 0.3 is 0 Å². The van der Waals surface area contributed by atoms with Gasteiger partial charge in [-0.25, -0.2) is 0 Å². The zero-order chi connectivity index (χ0) is 40.4. The van der Waals surface area contributed by atoms with Gasteiger partial charge in [0.1, 0.15) is 6.10 Å². The van der Waals surface area contributed by atoms with Gasteiger partial charge in [0.15, 0.2) is 0 Å². The Kier molecular flexibility index (Phi) is 15.5. The summed E-state index contributed by atoms with van der Waals surface area (Å²) in [6.45, 7) is 4.42. The Morgan fingerprint density at radius 1 is 0.655 bits per heavy atom. The maximum Gasteiger partial charge on any atom is 0.104 e. The Bertz CT molecular complexity index is 2190. The monoisotopic (exact) mass is 762 g/mol. The smallest absolute Gasteiger partial charge is 0.104 e. The van der Waals surface area contributed by atoms with E-state index in [2.05, 4.69) is 153 Å². The van der Waals surface area contributed by atoms with Gasteiger partial charge in [-0.05, 0) is 107 Å². The van der Waals surface area contributed by atoms with E-state index in [4.69, 9.17) is 5.11 Å². The van der Waals surface area contributed by atoms with E-state index in [-0.39, 0.29) is 5.92 Å². The second kappa shape index (κ2) is 21.5. The second-order valence-electron chi connectivity index (χ2n) is 15.5. The van der Waals surface area contributed by atoms with Gasteiger partial charge in [0.05, 0.1) is 6.26 Å². The minimum Gasteiger partial charge on any atom is -0.516 e. The Morgan fingerprint density at radius 3 is 1.88 bits per heavy atom. The standard InChI is InChI=1S/C56H58O2/c1-3-19-49(55(58)50-25-15-9-16-26-50)27-18-40-56(53-35-29-45(30-36-53)20-10-5-4-6-17-41-57,54-37-31-48(32-38-54)42-46-21-11-7-12-22-46)52-34-28-44(2)51(33-39-52)43-47-23-13-8-14-24-47/h3-19,21-27,29-33,35-41,44,51-52,55,57-58H,20,28,34,42-43H2,1-2H3/b6-4-,10-5+,19-3-,40-18+,41-17-,49-27+. The highest BCUT2D eigenvalue weighted by Gasteiger charge is 2.40. The van der Waals surface area contributed by atoms with Gasteiger partial charge in [0, 0.05) is 5.41 Å². The van der Waals surface area contributed by atoms with Crippen molar-refractivity contribution in [1.29, 1.82) is 0 Å². The number of rotatable bonds is 16. The Balaban J connectivity index is 1.47. The predicted octanol–water partition coefficient (Wildman–Crippen LogP) is 13.5. The summed E-state index contributed by atoms with van der Waals surface area (Å²) in [5, 5.41) is 20.5. The number of benzene rings is 5. The lowest BCUT2D eigenvalue weighted by Crippen LogP contribution is -2.34. The fraction of sp³-hybridized carbons (Fsp3) is 0.214. The van der Waals surface area contributed by atoms with Gasteiger partial charge in [-0.3, -0.25) is 0 Å². The molecular weight excluding hydrogens is 705 g/mol. The molecule has 0 aromatic heterocycles. The third kappa shape index (κ3) is 11.1. The van der Waals surface area contributed by atoms with Crippen LogP contribution in [0, 0.1) is 17.8 Å².